The average molecular weight is 198 g/mol. The number of aliphatic hydroxyl groups is 1. The highest BCUT2D eigenvalue weighted by Crippen LogP contribution is 2.26. The molecular weight excluding hydrogens is 184 g/mol. The zero-order chi connectivity index (χ0) is 9.15. The van der Waals surface area contributed by atoms with Crippen molar-refractivity contribution >= 4 is 11.3 Å². The van der Waals surface area contributed by atoms with Gasteiger partial charge in [-0.3, -0.25) is 0 Å². The van der Waals surface area contributed by atoms with E-state index in [0.717, 1.165) is 19.3 Å². The topological polar surface area (TPSA) is 29.5 Å². The van der Waals surface area contributed by atoms with Gasteiger partial charge in [0.1, 0.15) is 0 Å². The molecule has 1 aromatic heterocycles. The molecule has 0 saturated carbocycles. The van der Waals surface area contributed by atoms with Gasteiger partial charge < -0.3 is 9.84 Å². The molecular formula is C10H14O2S. The maximum atomic E-state index is 10.2. The van der Waals surface area contributed by atoms with Crippen LogP contribution in [-0.4, -0.2) is 23.9 Å². The molecule has 0 aromatic carbocycles. The summed E-state index contributed by atoms with van der Waals surface area (Å²) in [6, 6.07) is 4.11. The molecule has 0 aliphatic carbocycles. The van der Waals surface area contributed by atoms with E-state index < -0.39 is 5.60 Å². The Morgan fingerprint density at radius 2 is 2.23 bits per heavy atom. The van der Waals surface area contributed by atoms with Crippen LogP contribution in [0.25, 0.3) is 0 Å². The Labute approximate surface area is 82.2 Å². The van der Waals surface area contributed by atoms with Crippen LogP contribution < -0.4 is 0 Å². The lowest BCUT2D eigenvalue weighted by Gasteiger charge is -2.31. The number of thiophene rings is 1. The van der Waals surface area contributed by atoms with E-state index in [9.17, 15) is 5.11 Å². The Kier molecular flexibility index (Phi) is 2.67. The fourth-order valence-electron chi connectivity index (χ4n) is 1.67. The molecule has 72 valence electrons. The van der Waals surface area contributed by atoms with Crippen LogP contribution >= 0.6 is 11.3 Å². The third-order valence-corrected chi connectivity index (χ3v) is 3.38. The lowest BCUT2D eigenvalue weighted by Crippen LogP contribution is -2.37. The molecule has 1 saturated heterocycles. The normalized spacial score (nSPS) is 21.6. The molecule has 0 spiro atoms. The third kappa shape index (κ3) is 2.30. The van der Waals surface area contributed by atoms with E-state index in [1.54, 1.807) is 11.3 Å². The van der Waals surface area contributed by atoms with Crippen LogP contribution in [0.15, 0.2) is 17.5 Å². The minimum Gasteiger partial charge on any atom is -0.389 e. The van der Waals surface area contributed by atoms with Crippen LogP contribution in [-0.2, 0) is 11.2 Å². The predicted molar refractivity (Wildman–Crippen MR) is 53.0 cm³/mol. The molecule has 0 bridgehead atoms. The van der Waals surface area contributed by atoms with E-state index in [1.165, 1.54) is 4.88 Å². The van der Waals surface area contributed by atoms with Crippen molar-refractivity contribution in [2.75, 3.05) is 13.2 Å². The van der Waals surface area contributed by atoms with Gasteiger partial charge in [-0.1, -0.05) is 6.07 Å². The predicted octanol–water partition coefficient (Wildman–Crippen LogP) is 1.83. The molecule has 0 radical (unpaired) electrons. The molecule has 0 amide bonds. The van der Waals surface area contributed by atoms with Crippen molar-refractivity contribution in [2.45, 2.75) is 24.9 Å². The van der Waals surface area contributed by atoms with Gasteiger partial charge >= 0.3 is 0 Å². The SMILES string of the molecule is OC1(Cc2cccs2)CCOCC1. The second kappa shape index (κ2) is 3.78. The summed E-state index contributed by atoms with van der Waals surface area (Å²) in [5, 5.41) is 12.2. The summed E-state index contributed by atoms with van der Waals surface area (Å²) >= 11 is 1.71. The van der Waals surface area contributed by atoms with Gasteiger partial charge in [0.15, 0.2) is 0 Å². The first kappa shape index (κ1) is 9.19. The Balaban J connectivity index is 1.99. The van der Waals surface area contributed by atoms with Crippen molar-refractivity contribution in [1.29, 1.82) is 0 Å². The van der Waals surface area contributed by atoms with Gasteiger partial charge in [-0.2, -0.15) is 0 Å². The summed E-state index contributed by atoms with van der Waals surface area (Å²) < 4.78 is 5.23. The summed E-state index contributed by atoms with van der Waals surface area (Å²) in [6.07, 6.45) is 2.32. The quantitative estimate of drug-likeness (QED) is 0.785. The van der Waals surface area contributed by atoms with Crippen LogP contribution in [0.2, 0.25) is 0 Å². The molecule has 13 heavy (non-hydrogen) atoms. The van der Waals surface area contributed by atoms with Gasteiger partial charge in [-0.05, 0) is 24.3 Å². The molecule has 1 N–H and O–H groups in total. The van der Waals surface area contributed by atoms with E-state index in [2.05, 4.69) is 11.4 Å². The van der Waals surface area contributed by atoms with Crippen molar-refractivity contribution in [1.82, 2.24) is 0 Å². The maximum absolute atomic E-state index is 10.2. The monoisotopic (exact) mass is 198 g/mol. The van der Waals surface area contributed by atoms with E-state index in [0.29, 0.717) is 13.2 Å². The van der Waals surface area contributed by atoms with Crippen molar-refractivity contribution in [2.24, 2.45) is 0 Å². The Bertz CT molecular complexity index is 250. The van der Waals surface area contributed by atoms with Gasteiger partial charge in [0.25, 0.3) is 0 Å². The highest BCUT2D eigenvalue weighted by molar-refractivity contribution is 7.09. The number of ether oxygens (including phenoxy) is 1. The molecule has 1 aromatic rings. The largest absolute Gasteiger partial charge is 0.389 e. The molecule has 0 unspecified atom stereocenters. The zero-order valence-electron chi connectivity index (χ0n) is 7.53. The summed E-state index contributed by atoms with van der Waals surface area (Å²) in [7, 11) is 0. The van der Waals surface area contributed by atoms with Crippen molar-refractivity contribution in [3.63, 3.8) is 0 Å². The number of rotatable bonds is 2. The van der Waals surface area contributed by atoms with Gasteiger partial charge in [0.05, 0.1) is 5.60 Å². The van der Waals surface area contributed by atoms with Crippen LogP contribution in [0.3, 0.4) is 0 Å². The highest BCUT2D eigenvalue weighted by atomic mass is 32.1. The first-order valence-corrected chi connectivity index (χ1v) is 5.49. The standard InChI is InChI=1S/C10H14O2S/c11-10(3-5-12-6-4-10)8-9-2-1-7-13-9/h1-2,7,11H,3-6,8H2. The maximum Gasteiger partial charge on any atom is 0.0739 e. The fourth-order valence-corrected chi connectivity index (χ4v) is 2.51. The minimum atomic E-state index is -0.511. The number of hydrogen-bond acceptors (Lipinski definition) is 3. The second-order valence-corrected chi connectivity index (χ2v) is 4.63. The van der Waals surface area contributed by atoms with Crippen molar-refractivity contribution in [3.8, 4) is 0 Å². The summed E-state index contributed by atoms with van der Waals surface area (Å²) in [4.78, 5) is 1.27. The second-order valence-electron chi connectivity index (χ2n) is 3.59. The summed E-state index contributed by atoms with van der Waals surface area (Å²) in [6.45, 7) is 1.39. The van der Waals surface area contributed by atoms with Gasteiger partial charge in [-0.15, -0.1) is 11.3 Å². The van der Waals surface area contributed by atoms with Crippen LogP contribution in [0.5, 0.6) is 0 Å². The lowest BCUT2D eigenvalue weighted by atomic mass is 9.90. The molecule has 2 rings (SSSR count). The lowest BCUT2D eigenvalue weighted by molar-refractivity contribution is -0.0621. The molecule has 2 heterocycles. The molecule has 1 fully saturated rings. The Hall–Kier alpha value is -0.380. The van der Waals surface area contributed by atoms with Crippen molar-refractivity contribution in [3.05, 3.63) is 22.4 Å². The van der Waals surface area contributed by atoms with Gasteiger partial charge in [-0.25, -0.2) is 0 Å². The zero-order valence-corrected chi connectivity index (χ0v) is 8.35. The summed E-state index contributed by atoms with van der Waals surface area (Å²) in [5.74, 6) is 0. The molecule has 0 atom stereocenters. The minimum absolute atomic E-state index is 0.511. The number of hydrogen-bond donors (Lipinski definition) is 1. The van der Waals surface area contributed by atoms with E-state index >= 15 is 0 Å². The smallest absolute Gasteiger partial charge is 0.0739 e. The first-order valence-electron chi connectivity index (χ1n) is 4.61. The van der Waals surface area contributed by atoms with Crippen molar-refractivity contribution < 1.29 is 9.84 Å². The van der Waals surface area contributed by atoms with Gasteiger partial charge in [0, 0.05) is 24.5 Å². The molecule has 1 aliphatic rings. The van der Waals surface area contributed by atoms with Gasteiger partial charge in [0.2, 0.25) is 0 Å². The summed E-state index contributed by atoms with van der Waals surface area (Å²) in [5.41, 5.74) is -0.511. The third-order valence-electron chi connectivity index (χ3n) is 2.51. The average Bonchev–Trinajstić information content (AvgIpc) is 2.57. The van der Waals surface area contributed by atoms with E-state index in [4.69, 9.17) is 4.74 Å². The molecule has 3 heteroatoms. The van der Waals surface area contributed by atoms with Crippen LogP contribution in [0, 0.1) is 0 Å². The first-order chi connectivity index (χ1) is 6.29. The molecule has 1 aliphatic heterocycles. The molecule has 2 nitrogen and oxygen atoms in total. The van der Waals surface area contributed by atoms with E-state index in [-0.39, 0.29) is 0 Å². The Morgan fingerprint density at radius 3 is 2.85 bits per heavy atom. The van der Waals surface area contributed by atoms with Crippen LogP contribution in [0.4, 0.5) is 0 Å². The highest BCUT2D eigenvalue weighted by Gasteiger charge is 2.29. The fraction of sp³-hybridized carbons (Fsp3) is 0.600. The van der Waals surface area contributed by atoms with Crippen LogP contribution in [0.1, 0.15) is 17.7 Å². The van der Waals surface area contributed by atoms with E-state index in [1.807, 2.05) is 6.07 Å². The Morgan fingerprint density at radius 1 is 1.46 bits per heavy atom.